The van der Waals surface area contributed by atoms with Gasteiger partial charge in [0, 0.05) is 13.1 Å². The number of hydrogen-bond donors (Lipinski definition) is 2. The van der Waals surface area contributed by atoms with E-state index in [0.717, 1.165) is 11.0 Å². The second kappa shape index (κ2) is 4.65. The summed E-state index contributed by atoms with van der Waals surface area (Å²) in [5.41, 5.74) is 0. The molecule has 2 nitrogen and oxygen atoms in total. The van der Waals surface area contributed by atoms with E-state index in [0.29, 0.717) is 6.04 Å². The highest BCUT2D eigenvalue weighted by Crippen LogP contribution is 2.23. The molecule has 1 saturated carbocycles. The van der Waals surface area contributed by atoms with Gasteiger partial charge in [-0.15, -0.1) is 0 Å². The predicted molar refractivity (Wildman–Crippen MR) is 56.2 cm³/mol. The van der Waals surface area contributed by atoms with Crippen molar-refractivity contribution in [1.29, 1.82) is 0 Å². The van der Waals surface area contributed by atoms with Crippen LogP contribution in [0.2, 0.25) is 0 Å². The number of nitrogens with one attached hydrogen (secondary N) is 2. The van der Waals surface area contributed by atoms with E-state index < -0.39 is 0 Å². The van der Waals surface area contributed by atoms with Crippen molar-refractivity contribution in [1.82, 2.24) is 10.6 Å². The molecule has 12 heavy (non-hydrogen) atoms. The lowest BCUT2D eigenvalue weighted by Crippen LogP contribution is -2.42. The average Bonchev–Trinajstić information content (AvgIpc) is 2.04. The molecule has 1 rings (SSSR count). The van der Waals surface area contributed by atoms with Gasteiger partial charge in [-0.2, -0.15) is 0 Å². The SMILES string of the molecule is CNC(=S)NC1CCCC(C)C1. The molecule has 1 aliphatic rings. The van der Waals surface area contributed by atoms with E-state index in [1.54, 1.807) is 0 Å². The number of hydrogen-bond acceptors (Lipinski definition) is 1. The summed E-state index contributed by atoms with van der Waals surface area (Å²) in [5.74, 6) is 0.857. The Balaban J connectivity index is 2.27. The van der Waals surface area contributed by atoms with E-state index in [2.05, 4.69) is 17.6 Å². The first-order valence-electron chi connectivity index (χ1n) is 4.70. The smallest absolute Gasteiger partial charge is 0.166 e. The topological polar surface area (TPSA) is 24.1 Å². The van der Waals surface area contributed by atoms with Crippen molar-refractivity contribution in [3.8, 4) is 0 Å². The predicted octanol–water partition coefficient (Wildman–Crippen LogP) is 1.66. The lowest BCUT2D eigenvalue weighted by atomic mass is 9.87. The molecule has 1 aliphatic carbocycles. The fourth-order valence-corrected chi connectivity index (χ4v) is 1.99. The highest BCUT2D eigenvalue weighted by molar-refractivity contribution is 7.80. The Morgan fingerprint density at radius 1 is 1.42 bits per heavy atom. The fraction of sp³-hybridized carbons (Fsp3) is 0.889. The van der Waals surface area contributed by atoms with Crippen LogP contribution < -0.4 is 10.6 Å². The molecule has 0 aromatic carbocycles. The van der Waals surface area contributed by atoms with E-state index in [1.807, 2.05) is 7.05 Å². The summed E-state index contributed by atoms with van der Waals surface area (Å²) >= 11 is 5.05. The van der Waals surface area contributed by atoms with Gasteiger partial charge in [0.1, 0.15) is 0 Å². The summed E-state index contributed by atoms with van der Waals surface area (Å²) in [6.07, 6.45) is 5.25. The molecule has 70 valence electrons. The van der Waals surface area contributed by atoms with Crippen LogP contribution in [0.4, 0.5) is 0 Å². The molecule has 2 N–H and O–H groups in total. The molecule has 0 aromatic rings. The van der Waals surface area contributed by atoms with E-state index >= 15 is 0 Å². The van der Waals surface area contributed by atoms with Crippen LogP contribution in [0, 0.1) is 5.92 Å². The van der Waals surface area contributed by atoms with E-state index in [-0.39, 0.29) is 0 Å². The van der Waals surface area contributed by atoms with Crippen molar-refractivity contribution in [2.24, 2.45) is 5.92 Å². The third-order valence-corrected chi connectivity index (χ3v) is 2.82. The Morgan fingerprint density at radius 3 is 2.75 bits per heavy atom. The first kappa shape index (κ1) is 9.78. The van der Waals surface area contributed by atoms with Crippen LogP contribution in [-0.2, 0) is 0 Å². The third kappa shape index (κ3) is 2.97. The van der Waals surface area contributed by atoms with Crippen LogP contribution in [0.3, 0.4) is 0 Å². The van der Waals surface area contributed by atoms with Crippen molar-refractivity contribution in [2.45, 2.75) is 38.6 Å². The second-order valence-corrected chi connectivity index (χ2v) is 4.10. The maximum atomic E-state index is 5.05. The van der Waals surface area contributed by atoms with Crippen molar-refractivity contribution < 1.29 is 0 Å². The summed E-state index contributed by atoms with van der Waals surface area (Å²) < 4.78 is 0. The Hall–Kier alpha value is -0.310. The molecule has 3 heteroatoms. The Kier molecular flexibility index (Phi) is 3.79. The molecule has 0 amide bonds. The fourth-order valence-electron chi connectivity index (χ4n) is 1.82. The van der Waals surface area contributed by atoms with E-state index in [9.17, 15) is 0 Å². The molecule has 1 fully saturated rings. The molecule has 0 aromatic heterocycles. The van der Waals surface area contributed by atoms with Gasteiger partial charge in [-0.05, 0) is 31.0 Å². The van der Waals surface area contributed by atoms with Gasteiger partial charge in [-0.25, -0.2) is 0 Å². The molecule has 2 atom stereocenters. The molecule has 0 heterocycles. The summed E-state index contributed by atoms with van der Waals surface area (Å²) in [6.45, 7) is 2.32. The van der Waals surface area contributed by atoms with Gasteiger partial charge >= 0.3 is 0 Å². The molecular weight excluding hydrogens is 168 g/mol. The standard InChI is InChI=1S/C9H18N2S/c1-7-4-3-5-8(6-7)11-9(12)10-2/h7-8H,3-6H2,1-2H3,(H2,10,11,12). The maximum Gasteiger partial charge on any atom is 0.166 e. The van der Waals surface area contributed by atoms with Crippen molar-refractivity contribution in [3.63, 3.8) is 0 Å². The summed E-state index contributed by atoms with van der Waals surface area (Å²) in [4.78, 5) is 0. The Morgan fingerprint density at radius 2 is 2.17 bits per heavy atom. The maximum absolute atomic E-state index is 5.05. The quantitative estimate of drug-likeness (QED) is 0.609. The zero-order chi connectivity index (χ0) is 8.97. The molecule has 0 bridgehead atoms. The minimum Gasteiger partial charge on any atom is -0.366 e. The number of thiocarbonyl (C=S) groups is 1. The Bertz CT molecular complexity index is 159. The van der Waals surface area contributed by atoms with E-state index in [1.165, 1.54) is 25.7 Å². The van der Waals surface area contributed by atoms with E-state index in [4.69, 9.17) is 12.2 Å². The van der Waals surface area contributed by atoms with Gasteiger partial charge in [0.25, 0.3) is 0 Å². The first-order valence-corrected chi connectivity index (χ1v) is 5.11. The Labute approximate surface area is 80.1 Å². The van der Waals surface area contributed by atoms with Gasteiger partial charge in [0.15, 0.2) is 5.11 Å². The van der Waals surface area contributed by atoms with Gasteiger partial charge in [0.05, 0.1) is 0 Å². The largest absolute Gasteiger partial charge is 0.366 e. The summed E-state index contributed by atoms with van der Waals surface area (Å²) in [5, 5.41) is 7.05. The zero-order valence-electron chi connectivity index (χ0n) is 7.89. The van der Waals surface area contributed by atoms with Gasteiger partial charge in [-0.1, -0.05) is 19.8 Å². The van der Waals surface area contributed by atoms with Crippen LogP contribution in [0.15, 0.2) is 0 Å². The zero-order valence-corrected chi connectivity index (χ0v) is 8.71. The minimum absolute atomic E-state index is 0.605. The second-order valence-electron chi connectivity index (χ2n) is 3.69. The molecule has 0 radical (unpaired) electrons. The van der Waals surface area contributed by atoms with Gasteiger partial charge in [-0.3, -0.25) is 0 Å². The van der Waals surface area contributed by atoms with Crippen LogP contribution in [0.25, 0.3) is 0 Å². The average molecular weight is 186 g/mol. The molecular formula is C9H18N2S. The van der Waals surface area contributed by atoms with Crippen LogP contribution in [-0.4, -0.2) is 18.2 Å². The number of rotatable bonds is 1. The van der Waals surface area contributed by atoms with Crippen LogP contribution >= 0.6 is 12.2 Å². The molecule has 0 spiro atoms. The third-order valence-electron chi connectivity index (χ3n) is 2.50. The summed E-state index contributed by atoms with van der Waals surface area (Å²) in [6, 6.07) is 0.605. The molecule has 2 unspecified atom stereocenters. The first-order chi connectivity index (χ1) is 5.72. The van der Waals surface area contributed by atoms with Crippen molar-refractivity contribution >= 4 is 17.3 Å². The van der Waals surface area contributed by atoms with Gasteiger partial charge in [0.2, 0.25) is 0 Å². The van der Waals surface area contributed by atoms with Crippen LogP contribution in [0.1, 0.15) is 32.6 Å². The lowest BCUT2D eigenvalue weighted by molar-refractivity contribution is 0.326. The minimum atomic E-state index is 0.605. The molecule has 0 aliphatic heterocycles. The highest BCUT2D eigenvalue weighted by atomic mass is 32.1. The monoisotopic (exact) mass is 186 g/mol. The van der Waals surface area contributed by atoms with Crippen molar-refractivity contribution in [3.05, 3.63) is 0 Å². The van der Waals surface area contributed by atoms with Crippen molar-refractivity contribution in [2.75, 3.05) is 7.05 Å². The van der Waals surface area contributed by atoms with Crippen LogP contribution in [0.5, 0.6) is 0 Å². The van der Waals surface area contributed by atoms with Gasteiger partial charge < -0.3 is 10.6 Å². The highest BCUT2D eigenvalue weighted by Gasteiger charge is 2.18. The molecule has 0 saturated heterocycles. The summed E-state index contributed by atoms with van der Waals surface area (Å²) in [7, 11) is 1.86. The lowest BCUT2D eigenvalue weighted by Gasteiger charge is -2.28. The normalized spacial score (nSPS) is 29.5.